The quantitative estimate of drug-likeness (QED) is 0.811. The van der Waals surface area contributed by atoms with Crippen molar-refractivity contribution in [3.05, 3.63) is 63.9 Å². The van der Waals surface area contributed by atoms with E-state index in [-0.39, 0.29) is 5.82 Å². The Morgan fingerprint density at radius 3 is 2.71 bits per heavy atom. The van der Waals surface area contributed by atoms with Crippen LogP contribution >= 0.6 is 15.9 Å². The average molecular weight is 295 g/mol. The van der Waals surface area contributed by atoms with Crippen LogP contribution in [0.2, 0.25) is 0 Å². The zero-order chi connectivity index (χ0) is 12.3. The molecule has 0 fully saturated rings. The van der Waals surface area contributed by atoms with Crippen LogP contribution in [0, 0.1) is 12.7 Å². The molecule has 0 saturated carbocycles. The minimum absolute atomic E-state index is 0.268. The molecule has 2 rings (SSSR count). The summed E-state index contributed by atoms with van der Waals surface area (Å²) in [6.07, 6.45) is 0. The van der Waals surface area contributed by atoms with E-state index in [0.717, 1.165) is 16.9 Å². The van der Waals surface area contributed by atoms with Crippen molar-refractivity contribution in [2.24, 2.45) is 0 Å². The highest BCUT2D eigenvalue weighted by atomic mass is 79.9. The third-order valence-electron chi connectivity index (χ3n) is 2.38. The highest BCUT2D eigenvalue weighted by Gasteiger charge is 2.01. The van der Waals surface area contributed by atoms with Crippen LogP contribution in [-0.4, -0.2) is 0 Å². The Morgan fingerprint density at radius 2 is 2.00 bits per heavy atom. The Bertz CT molecular complexity index is 525. The van der Waals surface area contributed by atoms with E-state index in [0.29, 0.717) is 11.1 Å². The summed E-state index contributed by atoms with van der Waals surface area (Å²) < 4.78 is 19.3. The topological polar surface area (TPSA) is 9.23 Å². The van der Waals surface area contributed by atoms with Crippen molar-refractivity contribution in [2.75, 3.05) is 0 Å². The number of hydrogen-bond donors (Lipinski definition) is 0. The number of ether oxygens (including phenoxy) is 1. The molecule has 0 aliphatic rings. The van der Waals surface area contributed by atoms with Crippen molar-refractivity contribution in [1.82, 2.24) is 0 Å². The normalized spacial score (nSPS) is 10.3. The number of benzene rings is 2. The minimum Gasteiger partial charge on any atom is -0.489 e. The second kappa shape index (κ2) is 5.32. The Labute approximate surface area is 108 Å². The Morgan fingerprint density at radius 1 is 1.18 bits per heavy atom. The number of hydrogen-bond acceptors (Lipinski definition) is 1. The molecule has 1 nitrogen and oxygen atoms in total. The minimum atomic E-state index is -0.268. The molecule has 0 radical (unpaired) electrons. The molecule has 0 aliphatic heterocycles. The predicted octanol–water partition coefficient (Wildman–Crippen LogP) is 4.48. The van der Waals surface area contributed by atoms with Crippen LogP contribution in [0.25, 0.3) is 0 Å². The largest absolute Gasteiger partial charge is 0.489 e. The third-order valence-corrected chi connectivity index (χ3v) is 3.02. The first-order chi connectivity index (χ1) is 8.15. The number of rotatable bonds is 3. The van der Waals surface area contributed by atoms with E-state index in [4.69, 9.17) is 4.74 Å². The monoisotopic (exact) mass is 294 g/mol. The zero-order valence-electron chi connectivity index (χ0n) is 9.41. The highest BCUT2D eigenvalue weighted by Crippen LogP contribution is 2.18. The van der Waals surface area contributed by atoms with E-state index < -0.39 is 0 Å². The fourth-order valence-corrected chi connectivity index (χ4v) is 1.75. The first-order valence-electron chi connectivity index (χ1n) is 5.28. The maximum absolute atomic E-state index is 13.3. The van der Waals surface area contributed by atoms with Gasteiger partial charge in [-0.15, -0.1) is 0 Å². The van der Waals surface area contributed by atoms with Crippen LogP contribution in [0.1, 0.15) is 11.1 Å². The van der Waals surface area contributed by atoms with Crippen molar-refractivity contribution < 1.29 is 9.13 Å². The lowest BCUT2D eigenvalue weighted by Gasteiger charge is -2.07. The summed E-state index contributed by atoms with van der Waals surface area (Å²) in [6.45, 7) is 2.37. The first kappa shape index (κ1) is 12.1. The first-order valence-corrected chi connectivity index (χ1v) is 6.08. The van der Waals surface area contributed by atoms with Crippen molar-refractivity contribution in [3.8, 4) is 5.75 Å². The summed E-state index contributed by atoms with van der Waals surface area (Å²) in [5.41, 5.74) is 1.96. The van der Waals surface area contributed by atoms with Crippen LogP contribution in [0.15, 0.2) is 46.9 Å². The van der Waals surface area contributed by atoms with E-state index in [1.165, 1.54) is 6.07 Å². The lowest BCUT2D eigenvalue weighted by atomic mass is 10.2. The van der Waals surface area contributed by atoms with E-state index >= 15 is 0 Å². The van der Waals surface area contributed by atoms with E-state index in [2.05, 4.69) is 15.9 Å². The van der Waals surface area contributed by atoms with Gasteiger partial charge in [-0.3, -0.25) is 0 Å². The predicted molar refractivity (Wildman–Crippen MR) is 69.6 cm³/mol. The van der Waals surface area contributed by atoms with Gasteiger partial charge < -0.3 is 4.74 Å². The third kappa shape index (κ3) is 3.30. The van der Waals surface area contributed by atoms with Crippen molar-refractivity contribution >= 4 is 15.9 Å². The molecule has 88 valence electrons. The van der Waals surface area contributed by atoms with Gasteiger partial charge in [0.1, 0.15) is 18.2 Å². The summed E-state index contributed by atoms with van der Waals surface area (Å²) in [4.78, 5) is 0. The molecular weight excluding hydrogens is 283 g/mol. The van der Waals surface area contributed by atoms with E-state index in [9.17, 15) is 4.39 Å². The van der Waals surface area contributed by atoms with Gasteiger partial charge >= 0.3 is 0 Å². The Hall–Kier alpha value is -1.35. The fraction of sp³-hybridized carbons (Fsp3) is 0.143. The van der Waals surface area contributed by atoms with Gasteiger partial charge in [0.2, 0.25) is 0 Å². The number of aryl methyl sites for hydroxylation is 1. The molecule has 0 spiro atoms. The van der Waals surface area contributed by atoms with Crippen LogP contribution < -0.4 is 4.74 Å². The molecule has 2 aromatic carbocycles. The maximum Gasteiger partial charge on any atom is 0.137 e. The second-order valence-corrected chi connectivity index (χ2v) is 4.71. The van der Waals surface area contributed by atoms with E-state index in [1.807, 2.05) is 37.3 Å². The summed E-state index contributed by atoms with van der Waals surface area (Å²) in [6, 6.07) is 12.8. The maximum atomic E-state index is 13.3. The molecule has 0 saturated heterocycles. The molecule has 0 N–H and O–H groups in total. The standard InChI is InChI=1S/C14H12BrFO/c1-10-3-2-4-12(7-10)17-9-11-5-6-13(15)14(16)8-11/h2-8H,9H2,1H3. The Kier molecular flexibility index (Phi) is 3.79. The van der Waals surface area contributed by atoms with Crippen molar-refractivity contribution in [2.45, 2.75) is 13.5 Å². The summed E-state index contributed by atoms with van der Waals surface area (Å²) >= 11 is 3.12. The van der Waals surface area contributed by atoms with Gasteiger partial charge in [0.15, 0.2) is 0 Å². The lowest BCUT2D eigenvalue weighted by Crippen LogP contribution is -1.96. The van der Waals surface area contributed by atoms with Crippen molar-refractivity contribution in [1.29, 1.82) is 0 Å². The van der Waals surface area contributed by atoms with Crippen LogP contribution in [-0.2, 0) is 6.61 Å². The Balaban J connectivity index is 2.05. The lowest BCUT2D eigenvalue weighted by molar-refractivity contribution is 0.305. The van der Waals surface area contributed by atoms with Crippen LogP contribution in [0.3, 0.4) is 0 Å². The molecule has 0 heterocycles. The summed E-state index contributed by atoms with van der Waals surface area (Å²) in [7, 11) is 0. The van der Waals surface area contributed by atoms with Crippen molar-refractivity contribution in [3.63, 3.8) is 0 Å². The SMILES string of the molecule is Cc1cccc(OCc2ccc(Br)c(F)c2)c1. The van der Waals surface area contributed by atoms with Gasteiger partial charge in [0.25, 0.3) is 0 Å². The summed E-state index contributed by atoms with van der Waals surface area (Å²) in [5.74, 6) is 0.531. The van der Waals surface area contributed by atoms with Crippen LogP contribution in [0.5, 0.6) is 5.75 Å². The molecule has 17 heavy (non-hydrogen) atoms. The molecule has 0 amide bonds. The molecule has 0 aromatic heterocycles. The molecule has 3 heteroatoms. The molecular formula is C14H12BrFO. The second-order valence-electron chi connectivity index (χ2n) is 3.85. The van der Waals surface area contributed by atoms with Gasteiger partial charge in [-0.2, -0.15) is 0 Å². The molecule has 0 atom stereocenters. The average Bonchev–Trinajstić information content (AvgIpc) is 2.31. The molecule has 0 aliphatic carbocycles. The van der Waals surface area contributed by atoms with Gasteiger partial charge in [-0.05, 0) is 58.2 Å². The van der Waals surface area contributed by atoms with Gasteiger partial charge in [0.05, 0.1) is 4.47 Å². The fourth-order valence-electron chi connectivity index (χ4n) is 1.50. The van der Waals surface area contributed by atoms with Crippen LogP contribution in [0.4, 0.5) is 4.39 Å². The van der Waals surface area contributed by atoms with Gasteiger partial charge in [-0.25, -0.2) is 4.39 Å². The van der Waals surface area contributed by atoms with Gasteiger partial charge in [-0.1, -0.05) is 18.2 Å². The summed E-state index contributed by atoms with van der Waals surface area (Å²) in [5, 5.41) is 0. The molecule has 2 aromatic rings. The smallest absolute Gasteiger partial charge is 0.137 e. The number of halogens is 2. The zero-order valence-corrected chi connectivity index (χ0v) is 11.0. The highest BCUT2D eigenvalue weighted by molar-refractivity contribution is 9.10. The molecule has 0 unspecified atom stereocenters. The van der Waals surface area contributed by atoms with Gasteiger partial charge in [0, 0.05) is 0 Å². The molecule has 0 bridgehead atoms. The van der Waals surface area contributed by atoms with E-state index in [1.54, 1.807) is 6.07 Å².